The molecule has 10 heteroatoms. The van der Waals surface area contributed by atoms with Crippen LogP contribution in [0.15, 0.2) is 12.1 Å². The lowest BCUT2D eigenvalue weighted by molar-refractivity contribution is -0.145. The van der Waals surface area contributed by atoms with E-state index >= 15 is 0 Å². The van der Waals surface area contributed by atoms with E-state index in [1.165, 1.54) is 0 Å². The summed E-state index contributed by atoms with van der Waals surface area (Å²) in [6.07, 6.45) is 4.28. The number of fused-ring (bicyclic) bond motifs is 2. The fourth-order valence-corrected chi connectivity index (χ4v) is 7.37. The molecule has 5 atom stereocenters. The van der Waals surface area contributed by atoms with E-state index in [1.54, 1.807) is 12.1 Å². The second kappa shape index (κ2) is 10.7. The third kappa shape index (κ3) is 4.82. The Bertz CT molecular complexity index is 1260. The first-order chi connectivity index (χ1) is 19.1. The van der Waals surface area contributed by atoms with Gasteiger partial charge < -0.3 is 19.9 Å². The van der Waals surface area contributed by atoms with Crippen LogP contribution in [0.5, 0.6) is 5.75 Å². The van der Waals surface area contributed by atoms with E-state index in [-0.39, 0.29) is 41.7 Å². The van der Waals surface area contributed by atoms with Gasteiger partial charge in [0.05, 0.1) is 23.5 Å². The van der Waals surface area contributed by atoms with E-state index in [9.17, 15) is 14.3 Å². The molecule has 1 amide bonds. The number of aromatic nitrogens is 2. The summed E-state index contributed by atoms with van der Waals surface area (Å²) in [6.45, 7) is 8.67. The van der Waals surface area contributed by atoms with E-state index < -0.39 is 5.82 Å². The molecular weight excluding hydrogens is 509 g/mol. The molecule has 2 saturated heterocycles. The van der Waals surface area contributed by atoms with E-state index in [0.717, 1.165) is 67.1 Å². The molecule has 0 spiro atoms. The van der Waals surface area contributed by atoms with Crippen LogP contribution in [0.3, 0.4) is 0 Å². The fraction of sp³-hybridized carbons (Fsp3) is 0.667. The number of phenolic OH excluding ortho intramolecular Hbond substituents is 1. The number of imidazole rings is 1. The topological polar surface area (TPSA) is 99.8 Å². The predicted octanol–water partition coefficient (Wildman–Crippen LogP) is 2.83. The zero-order valence-corrected chi connectivity index (χ0v) is 24.4. The van der Waals surface area contributed by atoms with Gasteiger partial charge in [0, 0.05) is 44.2 Å². The van der Waals surface area contributed by atoms with Gasteiger partial charge in [-0.1, -0.05) is 6.92 Å². The van der Waals surface area contributed by atoms with Gasteiger partial charge in [-0.25, -0.2) is 14.8 Å². The standard InChI is InChI=1S/C30H44FN7O2/c1-6-17-10-27(39)22(31)11-21(17)18-7-8-20-23(9-18)34-35-28(20)29-32-24-12-26(38(16(2)3)15-25(24)33-29)30(40)37-13-19(14-37)36(4)5/h10-11,16,18-20,23,26,28,34-35,39H,6-9,12-15H2,1-5H3,(H,32,33)/t18?,20?,23?,26-,28?/m0/s1. The number of aromatic hydroxyl groups is 1. The predicted molar refractivity (Wildman–Crippen MR) is 151 cm³/mol. The Morgan fingerprint density at radius 2 is 2.00 bits per heavy atom. The van der Waals surface area contributed by atoms with Crippen molar-refractivity contribution in [2.75, 3.05) is 27.2 Å². The zero-order chi connectivity index (χ0) is 28.3. The molecule has 4 heterocycles. The third-order valence-electron chi connectivity index (χ3n) is 9.94. The normalized spacial score (nSPS) is 29.1. The summed E-state index contributed by atoms with van der Waals surface area (Å²) in [7, 11) is 4.15. The molecule has 4 unspecified atom stereocenters. The van der Waals surface area contributed by atoms with Crippen LogP contribution in [0.2, 0.25) is 0 Å². The van der Waals surface area contributed by atoms with E-state index in [2.05, 4.69) is 60.5 Å². The van der Waals surface area contributed by atoms with Crippen LogP contribution in [0.4, 0.5) is 4.39 Å². The Hall–Kier alpha value is -2.53. The Morgan fingerprint density at radius 1 is 1.23 bits per heavy atom. The summed E-state index contributed by atoms with van der Waals surface area (Å²) in [6, 6.07) is 3.97. The highest BCUT2D eigenvalue weighted by molar-refractivity contribution is 5.83. The Morgan fingerprint density at radius 3 is 2.70 bits per heavy atom. The molecule has 1 aromatic carbocycles. The van der Waals surface area contributed by atoms with Crippen molar-refractivity contribution in [3.05, 3.63) is 46.3 Å². The molecule has 0 radical (unpaired) electrons. The van der Waals surface area contributed by atoms with Crippen LogP contribution >= 0.6 is 0 Å². The highest BCUT2D eigenvalue weighted by Gasteiger charge is 2.45. The molecule has 3 fully saturated rings. The maximum atomic E-state index is 14.3. The maximum absolute atomic E-state index is 14.3. The number of nitrogens with one attached hydrogen (secondary N) is 3. The number of hydrogen-bond donors (Lipinski definition) is 4. The number of carbonyl (C=O) groups excluding carboxylic acids is 1. The van der Waals surface area contributed by atoms with Gasteiger partial charge in [0.25, 0.3) is 0 Å². The minimum atomic E-state index is -0.537. The summed E-state index contributed by atoms with van der Waals surface area (Å²) in [5.41, 5.74) is 11.2. The lowest BCUT2D eigenvalue weighted by Crippen LogP contribution is -2.64. The number of nitrogens with zero attached hydrogens (tertiary/aromatic N) is 4. The van der Waals surface area contributed by atoms with Crippen LogP contribution in [-0.4, -0.2) is 87.0 Å². The molecule has 9 nitrogen and oxygen atoms in total. The number of hydrogen-bond acceptors (Lipinski definition) is 7. The van der Waals surface area contributed by atoms with Gasteiger partial charge in [-0.2, -0.15) is 0 Å². The van der Waals surface area contributed by atoms with Gasteiger partial charge in [-0.3, -0.25) is 15.1 Å². The number of phenols is 1. The summed E-state index contributed by atoms with van der Waals surface area (Å²) in [5.74, 6) is 0.992. The Labute approximate surface area is 236 Å². The quantitative estimate of drug-likeness (QED) is 0.437. The Balaban J connectivity index is 1.16. The second-order valence-electron chi connectivity index (χ2n) is 12.8. The fourth-order valence-electron chi connectivity index (χ4n) is 7.37. The molecule has 1 aliphatic carbocycles. The van der Waals surface area contributed by atoms with Crippen LogP contribution in [0, 0.1) is 11.7 Å². The van der Waals surface area contributed by atoms with Gasteiger partial charge in [-0.05, 0) is 88.7 Å². The number of benzene rings is 1. The smallest absolute Gasteiger partial charge is 0.240 e. The monoisotopic (exact) mass is 553 g/mol. The first-order valence-electron chi connectivity index (χ1n) is 15.0. The lowest BCUT2D eigenvalue weighted by Gasteiger charge is -2.46. The lowest BCUT2D eigenvalue weighted by atomic mass is 9.73. The minimum absolute atomic E-state index is 0.0663. The summed E-state index contributed by atoms with van der Waals surface area (Å²) in [5, 5.41) is 9.87. The Kier molecular flexibility index (Phi) is 7.39. The minimum Gasteiger partial charge on any atom is -0.505 e. The van der Waals surface area contributed by atoms with Gasteiger partial charge >= 0.3 is 0 Å². The van der Waals surface area contributed by atoms with Crippen molar-refractivity contribution in [1.82, 2.24) is 35.5 Å². The van der Waals surface area contributed by atoms with Gasteiger partial charge in [0.2, 0.25) is 5.91 Å². The van der Waals surface area contributed by atoms with E-state index in [0.29, 0.717) is 24.9 Å². The molecule has 4 N–H and O–H groups in total. The number of aromatic amines is 1. The number of amides is 1. The van der Waals surface area contributed by atoms with E-state index in [4.69, 9.17) is 4.98 Å². The van der Waals surface area contributed by atoms with Crippen molar-refractivity contribution in [2.24, 2.45) is 5.92 Å². The first-order valence-corrected chi connectivity index (χ1v) is 15.0. The second-order valence-corrected chi connectivity index (χ2v) is 12.8. The summed E-state index contributed by atoms with van der Waals surface area (Å²) >= 11 is 0. The van der Waals surface area contributed by atoms with Gasteiger partial charge in [-0.15, -0.1) is 0 Å². The van der Waals surface area contributed by atoms with Crippen molar-refractivity contribution in [3.63, 3.8) is 0 Å². The number of rotatable bonds is 6. The number of likely N-dealkylation sites (tertiary alicyclic amines) is 1. The SMILES string of the molecule is CCc1cc(O)c(F)cc1C1CCC2C(C1)NNC2c1nc2c([nH]1)CN(C(C)C)[C@H](C(=O)N1CC(N(C)C)C1)C2. The van der Waals surface area contributed by atoms with Crippen molar-refractivity contribution < 1.29 is 14.3 Å². The van der Waals surface area contributed by atoms with Crippen molar-refractivity contribution in [1.29, 1.82) is 0 Å². The average molecular weight is 554 g/mol. The molecule has 3 aliphatic heterocycles. The molecule has 4 aliphatic rings. The number of aryl methyl sites for hydroxylation is 1. The maximum Gasteiger partial charge on any atom is 0.240 e. The van der Waals surface area contributed by atoms with Gasteiger partial charge in [0.1, 0.15) is 5.82 Å². The number of likely N-dealkylation sites (N-methyl/N-ethyl adjacent to an activating group) is 1. The summed E-state index contributed by atoms with van der Waals surface area (Å²) < 4.78 is 14.3. The first kappa shape index (κ1) is 27.6. The molecular formula is C30H44FN7O2. The molecule has 1 aromatic heterocycles. The van der Waals surface area contributed by atoms with Crippen molar-refractivity contribution >= 4 is 5.91 Å². The van der Waals surface area contributed by atoms with Crippen LogP contribution in [0.25, 0.3) is 0 Å². The van der Waals surface area contributed by atoms with Crippen LogP contribution < -0.4 is 10.9 Å². The third-order valence-corrected chi connectivity index (χ3v) is 9.94. The number of H-pyrrole nitrogens is 1. The van der Waals surface area contributed by atoms with Crippen molar-refractivity contribution in [2.45, 2.75) is 95.5 Å². The number of halogens is 1. The number of hydrazine groups is 1. The summed E-state index contributed by atoms with van der Waals surface area (Å²) in [4.78, 5) is 28.8. The molecule has 218 valence electrons. The number of carbonyl (C=O) groups is 1. The van der Waals surface area contributed by atoms with Crippen LogP contribution in [-0.2, 0) is 24.2 Å². The highest BCUT2D eigenvalue weighted by Crippen LogP contribution is 2.45. The zero-order valence-electron chi connectivity index (χ0n) is 24.4. The van der Waals surface area contributed by atoms with Crippen molar-refractivity contribution in [3.8, 4) is 5.75 Å². The molecule has 40 heavy (non-hydrogen) atoms. The van der Waals surface area contributed by atoms with Gasteiger partial charge in [0.15, 0.2) is 11.6 Å². The average Bonchev–Trinajstić information content (AvgIpc) is 3.51. The highest BCUT2D eigenvalue weighted by atomic mass is 19.1. The molecule has 6 rings (SSSR count). The molecule has 0 bridgehead atoms. The molecule has 2 aromatic rings. The van der Waals surface area contributed by atoms with Crippen LogP contribution in [0.1, 0.15) is 80.3 Å². The largest absolute Gasteiger partial charge is 0.505 e. The van der Waals surface area contributed by atoms with E-state index in [1.807, 2.05) is 4.90 Å². The molecule has 1 saturated carbocycles.